The third-order valence-corrected chi connectivity index (χ3v) is 4.80. The second-order valence-electron chi connectivity index (χ2n) is 6.65. The van der Waals surface area contributed by atoms with Gasteiger partial charge in [0.2, 0.25) is 5.91 Å². The minimum Gasteiger partial charge on any atom is -0.366 e. The first-order valence-corrected chi connectivity index (χ1v) is 8.55. The molecule has 4 rings (SSSR count). The Labute approximate surface area is 165 Å². The van der Waals surface area contributed by atoms with E-state index in [2.05, 4.69) is 6.07 Å². The van der Waals surface area contributed by atoms with Crippen LogP contribution in [0.25, 0.3) is 21.8 Å². The lowest BCUT2D eigenvalue weighted by atomic mass is 10.0. The molecule has 1 aromatic heterocycles. The van der Waals surface area contributed by atoms with Crippen molar-refractivity contribution in [2.75, 3.05) is 0 Å². The topological polar surface area (TPSA) is 48.0 Å². The van der Waals surface area contributed by atoms with Crippen molar-refractivity contribution in [1.82, 2.24) is 4.57 Å². The smallest absolute Gasteiger partial charge is 0.366 e. The molecule has 1 amide bonds. The van der Waals surface area contributed by atoms with Crippen LogP contribution in [0.2, 0.25) is 0 Å². The molecule has 0 bridgehead atoms. The van der Waals surface area contributed by atoms with Gasteiger partial charge in [0.05, 0.1) is 23.1 Å². The number of nitrogens with zero attached hydrogens (tertiary/aromatic N) is 1. The molecule has 30 heavy (non-hydrogen) atoms. The SMILES string of the molecule is NC(=O)c1cccc2c1c1[c]cc(C(F)(F)F)cc1n2Cc1cc(F)c(F)cc1F. The van der Waals surface area contributed by atoms with Crippen LogP contribution in [-0.2, 0) is 12.7 Å². The van der Waals surface area contributed by atoms with Gasteiger partial charge < -0.3 is 10.3 Å². The van der Waals surface area contributed by atoms with Crippen molar-refractivity contribution in [3.05, 3.63) is 82.7 Å². The molecule has 0 saturated heterocycles. The Hall–Kier alpha value is -3.49. The van der Waals surface area contributed by atoms with Crippen LogP contribution in [-0.4, -0.2) is 10.5 Å². The number of rotatable bonds is 3. The van der Waals surface area contributed by atoms with Crippen LogP contribution in [0, 0.1) is 23.5 Å². The van der Waals surface area contributed by atoms with Crippen molar-refractivity contribution in [3.63, 3.8) is 0 Å². The van der Waals surface area contributed by atoms with Crippen molar-refractivity contribution < 1.29 is 31.1 Å². The lowest BCUT2D eigenvalue weighted by Crippen LogP contribution is -2.11. The highest BCUT2D eigenvalue weighted by molar-refractivity contribution is 6.17. The number of benzene rings is 3. The molecule has 0 atom stereocenters. The van der Waals surface area contributed by atoms with E-state index in [4.69, 9.17) is 5.73 Å². The van der Waals surface area contributed by atoms with Crippen LogP contribution in [0.15, 0.2) is 42.5 Å². The Morgan fingerprint density at radius 2 is 1.70 bits per heavy atom. The second kappa shape index (κ2) is 6.79. The van der Waals surface area contributed by atoms with Crippen molar-refractivity contribution in [2.24, 2.45) is 5.73 Å². The quantitative estimate of drug-likeness (QED) is 0.360. The highest BCUT2D eigenvalue weighted by Crippen LogP contribution is 2.37. The number of primary amides is 1. The summed E-state index contributed by atoms with van der Waals surface area (Å²) in [6.45, 7) is -0.416. The van der Waals surface area contributed by atoms with Crippen LogP contribution in [0.3, 0.4) is 0 Å². The summed E-state index contributed by atoms with van der Waals surface area (Å²) in [5.41, 5.74) is 4.40. The van der Waals surface area contributed by atoms with E-state index in [9.17, 15) is 31.1 Å². The number of halogens is 6. The molecule has 0 unspecified atom stereocenters. The summed E-state index contributed by atoms with van der Waals surface area (Å²) < 4.78 is 82.1. The number of fused-ring (bicyclic) bond motifs is 3. The standard InChI is InChI=1S/C21H11F6N2O/c22-14-8-16(24)15(23)6-10(14)9-29-17-3-1-2-13(20(28)30)19(17)12-5-4-11(7-18(12)29)21(25,26)27/h1-4,6-8H,9H2,(H2,28,30). The molecule has 0 fully saturated rings. The Morgan fingerprint density at radius 3 is 2.37 bits per heavy atom. The van der Waals surface area contributed by atoms with E-state index in [1.54, 1.807) is 0 Å². The van der Waals surface area contributed by atoms with E-state index >= 15 is 0 Å². The monoisotopic (exact) mass is 421 g/mol. The fourth-order valence-corrected chi connectivity index (χ4v) is 3.45. The Bertz CT molecular complexity index is 1320. The van der Waals surface area contributed by atoms with Gasteiger partial charge in [-0.15, -0.1) is 0 Å². The molecule has 1 heterocycles. The third kappa shape index (κ3) is 3.16. The first-order valence-electron chi connectivity index (χ1n) is 8.55. The molecule has 9 heteroatoms. The molecule has 0 spiro atoms. The molecule has 3 nitrogen and oxygen atoms in total. The van der Waals surface area contributed by atoms with Crippen LogP contribution >= 0.6 is 0 Å². The minimum atomic E-state index is -4.67. The van der Waals surface area contributed by atoms with Crippen LogP contribution in [0.5, 0.6) is 0 Å². The fourth-order valence-electron chi connectivity index (χ4n) is 3.45. The van der Waals surface area contributed by atoms with E-state index in [0.717, 1.165) is 12.1 Å². The van der Waals surface area contributed by atoms with Gasteiger partial charge in [0.25, 0.3) is 0 Å². The summed E-state index contributed by atoms with van der Waals surface area (Å²) in [5, 5.41) is 0.395. The molecule has 0 aliphatic carbocycles. The minimum absolute atomic E-state index is 0.0161. The number of amides is 1. The van der Waals surface area contributed by atoms with Gasteiger partial charge in [-0.3, -0.25) is 4.79 Å². The Morgan fingerprint density at radius 1 is 1.00 bits per heavy atom. The molecule has 0 saturated carbocycles. The van der Waals surface area contributed by atoms with Gasteiger partial charge in [-0.1, -0.05) is 6.07 Å². The normalized spacial score (nSPS) is 12.1. The fraction of sp³-hybridized carbons (Fsp3) is 0.0952. The number of aromatic nitrogens is 1. The van der Waals surface area contributed by atoms with Gasteiger partial charge in [0.15, 0.2) is 11.6 Å². The van der Waals surface area contributed by atoms with Crippen molar-refractivity contribution in [1.29, 1.82) is 0 Å². The highest BCUT2D eigenvalue weighted by Gasteiger charge is 2.31. The molecule has 3 aromatic carbocycles. The second-order valence-corrected chi connectivity index (χ2v) is 6.65. The van der Waals surface area contributed by atoms with Crippen molar-refractivity contribution in [2.45, 2.75) is 12.7 Å². The number of carbonyl (C=O) groups excluding carboxylic acids is 1. The predicted octanol–water partition coefficient (Wildman–Crippen LogP) is 5.18. The zero-order valence-corrected chi connectivity index (χ0v) is 14.9. The zero-order valence-electron chi connectivity index (χ0n) is 14.9. The van der Waals surface area contributed by atoms with Gasteiger partial charge in [0.1, 0.15) is 5.82 Å². The molecule has 2 N–H and O–H groups in total. The van der Waals surface area contributed by atoms with Gasteiger partial charge in [-0.25, -0.2) is 13.2 Å². The Kier molecular flexibility index (Phi) is 4.48. The molecule has 4 aromatic rings. The van der Waals surface area contributed by atoms with E-state index in [0.29, 0.717) is 12.1 Å². The average Bonchev–Trinajstić information content (AvgIpc) is 2.98. The van der Waals surface area contributed by atoms with E-state index in [1.807, 2.05) is 0 Å². The summed E-state index contributed by atoms with van der Waals surface area (Å²) in [4.78, 5) is 11.9. The third-order valence-electron chi connectivity index (χ3n) is 4.80. The molecular formula is C21H11F6N2O. The molecule has 0 aliphatic heterocycles. The summed E-state index contributed by atoms with van der Waals surface area (Å²) >= 11 is 0. The number of hydrogen-bond acceptors (Lipinski definition) is 1. The van der Waals surface area contributed by atoms with Crippen LogP contribution < -0.4 is 5.73 Å². The van der Waals surface area contributed by atoms with Crippen molar-refractivity contribution in [3.8, 4) is 0 Å². The van der Waals surface area contributed by atoms with Crippen LogP contribution in [0.1, 0.15) is 21.5 Å². The highest BCUT2D eigenvalue weighted by atomic mass is 19.4. The maximum Gasteiger partial charge on any atom is 0.416 e. The number of alkyl halides is 3. The summed E-state index contributed by atoms with van der Waals surface area (Å²) in [6.07, 6.45) is -4.67. The predicted molar refractivity (Wildman–Crippen MR) is 97.2 cm³/mol. The van der Waals surface area contributed by atoms with E-state index in [1.165, 1.54) is 22.8 Å². The van der Waals surface area contributed by atoms with Gasteiger partial charge in [-0.2, -0.15) is 13.2 Å². The lowest BCUT2D eigenvalue weighted by molar-refractivity contribution is -0.137. The molecular weight excluding hydrogens is 410 g/mol. The largest absolute Gasteiger partial charge is 0.416 e. The number of nitrogens with two attached hydrogens (primary N) is 1. The maximum absolute atomic E-state index is 14.2. The van der Waals surface area contributed by atoms with E-state index < -0.39 is 41.6 Å². The van der Waals surface area contributed by atoms with Gasteiger partial charge >= 0.3 is 6.18 Å². The van der Waals surface area contributed by atoms with Crippen molar-refractivity contribution >= 4 is 27.7 Å². The van der Waals surface area contributed by atoms with Gasteiger partial charge in [0, 0.05) is 28.0 Å². The summed E-state index contributed by atoms with van der Waals surface area (Å²) in [5.74, 6) is -4.56. The Balaban J connectivity index is 2.06. The lowest BCUT2D eigenvalue weighted by Gasteiger charge is -2.11. The first kappa shape index (κ1) is 19.8. The van der Waals surface area contributed by atoms with Crippen LogP contribution in [0.4, 0.5) is 26.3 Å². The van der Waals surface area contributed by atoms with Gasteiger partial charge in [-0.05, 0) is 36.4 Å². The average molecular weight is 421 g/mol. The zero-order chi connectivity index (χ0) is 21.8. The molecule has 1 radical (unpaired) electrons. The first-order chi connectivity index (χ1) is 14.1. The van der Waals surface area contributed by atoms with E-state index in [-0.39, 0.29) is 32.9 Å². The maximum atomic E-state index is 14.2. The molecule has 0 aliphatic rings. The number of hydrogen-bond donors (Lipinski definition) is 1. The number of carbonyl (C=O) groups is 1. The molecule has 153 valence electrons. The summed E-state index contributed by atoms with van der Waals surface area (Å²) in [7, 11) is 0. The summed E-state index contributed by atoms with van der Waals surface area (Å²) in [6, 6.07) is 9.46.